The van der Waals surface area contributed by atoms with Crippen LogP contribution in [0.3, 0.4) is 0 Å². The van der Waals surface area contributed by atoms with Crippen LogP contribution in [0.25, 0.3) is 5.69 Å². The molecule has 6 nitrogen and oxygen atoms in total. The highest BCUT2D eigenvalue weighted by molar-refractivity contribution is 7.91. The van der Waals surface area contributed by atoms with E-state index in [9.17, 15) is 13.2 Å². The molecule has 0 saturated heterocycles. The minimum Gasteiger partial charge on any atom is -0.323 e. The highest BCUT2D eigenvalue weighted by Gasteiger charge is 2.19. The van der Waals surface area contributed by atoms with E-state index in [-0.39, 0.29) is 23.0 Å². The van der Waals surface area contributed by atoms with Gasteiger partial charge in [0.1, 0.15) is 0 Å². The first-order chi connectivity index (χ1) is 13.3. The van der Waals surface area contributed by atoms with Crippen molar-refractivity contribution < 1.29 is 13.2 Å². The van der Waals surface area contributed by atoms with Crippen LogP contribution in [-0.2, 0) is 14.6 Å². The molecule has 2 aromatic carbocycles. The number of benzene rings is 2. The Hall–Kier alpha value is -2.93. The van der Waals surface area contributed by atoms with E-state index in [0.29, 0.717) is 11.4 Å². The molecule has 1 N–H and O–H groups in total. The van der Waals surface area contributed by atoms with E-state index >= 15 is 0 Å². The smallest absolute Gasteiger partial charge is 0.225 e. The van der Waals surface area contributed by atoms with Crippen molar-refractivity contribution in [2.45, 2.75) is 32.1 Å². The van der Waals surface area contributed by atoms with E-state index in [0.717, 1.165) is 16.9 Å². The van der Waals surface area contributed by atoms with Crippen LogP contribution in [0.2, 0.25) is 0 Å². The van der Waals surface area contributed by atoms with Crippen LogP contribution in [0.4, 0.5) is 5.69 Å². The van der Waals surface area contributed by atoms with Crippen LogP contribution < -0.4 is 5.32 Å². The average Bonchev–Trinajstić information content (AvgIpc) is 2.96. The largest absolute Gasteiger partial charge is 0.323 e. The van der Waals surface area contributed by atoms with E-state index < -0.39 is 9.84 Å². The number of carbonyl (C=O) groups excluding carboxylic acids is 1. The highest BCUT2D eigenvalue weighted by Crippen LogP contribution is 2.23. The maximum absolute atomic E-state index is 12.4. The van der Waals surface area contributed by atoms with Gasteiger partial charge in [0, 0.05) is 6.42 Å². The van der Waals surface area contributed by atoms with Gasteiger partial charge in [0.25, 0.3) is 0 Å². The molecule has 0 aliphatic heterocycles. The van der Waals surface area contributed by atoms with Crippen molar-refractivity contribution in [2.75, 3.05) is 11.1 Å². The van der Waals surface area contributed by atoms with Gasteiger partial charge in [-0.05, 0) is 45.0 Å². The van der Waals surface area contributed by atoms with Crippen LogP contribution in [0.5, 0.6) is 0 Å². The zero-order chi connectivity index (χ0) is 20.3. The molecule has 0 radical (unpaired) electrons. The second-order valence-electron chi connectivity index (χ2n) is 6.72. The summed E-state index contributed by atoms with van der Waals surface area (Å²) in [4.78, 5) is 12.6. The molecule has 146 valence electrons. The molecule has 0 fully saturated rings. The van der Waals surface area contributed by atoms with Gasteiger partial charge in [-0.3, -0.25) is 4.79 Å². The van der Waals surface area contributed by atoms with E-state index in [4.69, 9.17) is 0 Å². The van der Waals surface area contributed by atoms with Crippen molar-refractivity contribution in [3.63, 3.8) is 0 Å². The third-order valence-electron chi connectivity index (χ3n) is 4.53. The van der Waals surface area contributed by atoms with Crippen LogP contribution in [0, 0.1) is 20.8 Å². The Morgan fingerprint density at radius 3 is 2.29 bits per heavy atom. The van der Waals surface area contributed by atoms with Crippen molar-refractivity contribution in [3.05, 3.63) is 71.5 Å². The maximum Gasteiger partial charge on any atom is 0.225 e. The lowest BCUT2D eigenvalue weighted by Crippen LogP contribution is -2.18. The van der Waals surface area contributed by atoms with Gasteiger partial charge < -0.3 is 5.32 Å². The predicted molar refractivity (Wildman–Crippen MR) is 110 cm³/mol. The van der Waals surface area contributed by atoms with E-state index in [1.807, 2.05) is 51.1 Å². The van der Waals surface area contributed by atoms with Gasteiger partial charge in [0.05, 0.1) is 33.4 Å². The quantitative estimate of drug-likeness (QED) is 0.689. The van der Waals surface area contributed by atoms with Gasteiger partial charge in [-0.15, -0.1) is 0 Å². The molecule has 0 atom stereocenters. The number of carbonyl (C=O) groups is 1. The fraction of sp³-hybridized carbons (Fsp3) is 0.238. The predicted octanol–water partition coefficient (Wildman–Crippen LogP) is 3.60. The molecule has 28 heavy (non-hydrogen) atoms. The van der Waals surface area contributed by atoms with Crippen molar-refractivity contribution in [2.24, 2.45) is 0 Å². The fourth-order valence-corrected chi connectivity index (χ4v) is 4.18. The van der Waals surface area contributed by atoms with Crippen molar-refractivity contribution in [1.82, 2.24) is 9.78 Å². The summed E-state index contributed by atoms with van der Waals surface area (Å²) in [5.41, 5.74) is 3.96. The summed E-state index contributed by atoms with van der Waals surface area (Å²) in [6, 6.07) is 16.3. The molecule has 1 aromatic heterocycles. The minimum absolute atomic E-state index is 0.119. The lowest BCUT2D eigenvalue weighted by atomic mass is 10.2. The van der Waals surface area contributed by atoms with Crippen molar-refractivity contribution >= 4 is 21.4 Å². The Labute approximate surface area is 165 Å². The van der Waals surface area contributed by atoms with Crippen LogP contribution in [0.15, 0.2) is 59.5 Å². The molecule has 0 unspecified atom stereocenters. The third-order valence-corrected chi connectivity index (χ3v) is 6.27. The van der Waals surface area contributed by atoms with Crippen LogP contribution in [-0.4, -0.2) is 29.9 Å². The van der Waals surface area contributed by atoms with Crippen molar-refractivity contribution in [3.8, 4) is 5.69 Å². The Morgan fingerprint density at radius 2 is 1.64 bits per heavy atom. The normalized spacial score (nSPS) is 11.4. The van der Waals surface area contributed by atoms with Crippen molar-refractivity contribution in [1.29, 1.82) is 0 Å². The second kappa shape index (κ2) is 7.98. The van der Waals surface area contributed by atoms with E-state index in [2.05, 4.69) is 10.4 Å². The van der Waals surface area contributed by atoms with Crippen LogP contribution in [0.1, 0.15) is 23.4 Å². The van der Waals surface area contributed by atoms with Gasteiger partial charge in [0.15, 0.2) is 9.84 Å². The van der Waals surface area contributed by atoms with Gasteiger partial charge in [0.2, 0.25) is 5.91 Å². The van der Waals surface area contributed by atoms with E-state index in [1.54, 1.807) is 28.9 Å². The molecule has 0 aliphatic rings. The molecule has 1 heterocycles. The Balaban J connectivity index is 1.70. The van der Waals surface area contributed by atoms with Gasteiger partial charge in [-0.25, -0.2) is 13.1 Å². The monoisotopic (exact) mass is 397 g/mol. The summed E-state index contributed by atoms with van der Waals surface area (Å²) in [6.07, 6.45) is -0.119. The number of aryl methyl sites for hydroxylation is 2. The first-order valence-electron chi connectivity index (χ1n) is 8.99. The topological polar surface area (TPSA) is 81.1 Å². The third kappa shape index (κ3) is 4.31. The molecular formula is C21H23N3O3S. The zero-order valence-electron chi connectivity index (χ0n) is 16.1. The average molecular weight is 398 g/mol. The maximum atomic E-state index is 12.4. The number of hydrogen-bond donors (Lipinski definition) is 1. The fourth-order valence-electron chi connectivity index (χ4n) is 2.94. The minimum atomic E-state index is -3.50. The molecule has 3 rings (SSSR count). The molecular weight excluding hydrogens is 374 g/mol. The number of aromatic nitrogens is 2. The Bertz CT molecular complexity index is 1090. The summed E-state index contributed by atoms with van der Waals surface area (Å²) in [7, 11) is -3.50. The standard InChI is InChI=1S/C21H23N3O3S/c1-15-9-11-19(12-10-15)28(26,27)14-13-20(25)22-21-16(2)23-24(17(21)3)18-7-5-4-6-8-18/h4-12H,13-14H2,1-3H3,(H,22,25). The second-order valence-corrected chi connectivity index (χ2v) is 8.83. The number of nitrogens with one attached hydrogen (secondary N) is 1. The molecule has 0 saturated carbocycles. The van der Waals surface area contributed by atoms with Gasteiger partial charge >= 0.3 is 0 Å². The number of rotatable bonds is 6. The summed E-state index contributed by atoms with van der Waals surface area (Å²) in [5.74, 6) is -0.596. The van der Waals surface area contributed by atoms with Gasteiger partial charge in [-0.2, -0.15) is 5.10 Å². The number of anilines is 1. The van der Waals surface area contributed by atoms with Gasteiger partial charge in [-0.1, -0.05) is 35.9 Å². The number of sulfone groups is 1. The lowest BCUT2D eigenvalue weighted by molar-refractivity contribution is -0.115. The Morgan fingerprint density at radius 1 is 1.00 bits per heavy atom. The molecule has 0 bridgehead atoms. The summed E-state index contributed by atoms with van der Waals surface area (Å²) < 4.78 is 26.6. The lowest BCUT2D eigenvalue weighted by Gasteiger charge is -2.08. The van der Waals surface area contributed by atoms with E-state index in [1.165, 1.54) is 0 Å². The number of hydrogen-bond acceptors (Lipinski definition) is 4. The highest BCUT2D eigenvalue weighted by atomic mass is 32.2. The SMILES string of the molecule is Cc1ccc(S(=O)(=O)CCC(=O)Nc2c(C)nn(-c3ccccc3)c2C)cc1. The molecule has 0 spiro atoms. The number of para-hydroxylation sites is 1. The molecule has 0 aliphatic carbocycles. The molecule has 1 amide bonds. The summed E-state index contributed by atoms with van der Waals surface area (Å²) in [5, 5.41) is 7.30. The molecule has 7 heteroatoms. The first kappa shape index (κ1) is 19.8. The molecule has 3 aromatic rings. The zero-order valence-corrected chi connectivity index (χ0v) is 17.0. The number of amides is 1. The first-order valence-corrected chi connectivity index (χ1v) is 10.6. The number of nitrogens with zero attached hydrogens (tertiary/aromatic N) is 2. The summed E-state index contributed by atoms with van der Waals surface area (Å²) in [6.45, 7) is 5.57. The summed E-state index contributed by atoms with van der Waals surface area (Å²) >= 11 is 0. The Kier molecular flexibility index (Phi) is 5.65. The van der Waals surface area contributed by atoms with Crippen LogP contribution >= 0.6 is 0 Å².